The van der Waals surface area contributed by atoms with Crippen LogP contribution in [0.2, 0.25) is 0 Å². The van der Waals surface area contributed by atoms with Crippen LogP contribution in [-0.2, 0) is 0 Å². The summed E-state index contributed by atoms with van der Waals surface area (Å²) in [6, 6.07) is 19.0. The zero-order valence-electron chi connectivity index (χ0n) is 13.0. The van der Waals surface area contributed by atoms with Crippen LogP contribution < -0.4 is 4.74 Å². The molecule has 0 spiro atoms. The summed E-state index contributed by atoms with van der Waals surface area (Å²) in [7, 11) is 1.70. The molecule has 2 aliphatic rings. The zero-order chi connectivity index (χ0) is 15.6. The van der Waals surface area contributed by atoms with Crippen molar-refractivity contribution in [2.24, 2.45) is 4.99 Å². The maximum absolute atomic E-state index is 5.28. The Kier molecular flexibility index (Phi) is 3.83. The molecule has 23 heavy (non-hydrogen) atoms. The lowest BCUT2D eigenvalue weighted by Gasteiger charge is -2.31. The first-order valence-electron chi connectivity index (χ1n) is 7.74. The second-order valence-corrected chi connectivity index (χ2v) is 6.63. The molecule has 2 aromatic carbocycles. The smallest absolute Gasteiger partial charge is 0.165 e. The van der Waals surface area contributed by atoms with Crippen molar-refractivity contribution in [3.05, 3.63) is 71.8 Å². The largest absolute Gasteiger partial charge is 0.497 e. The van der Waals surface area contributed by atoms with Gasteiger partial charge in [0.25, 0.3) is 0 Å². The van der Waals surface area contributed by atoms with Crippen molar-refractivity contribution >= 4 is 22.6 Å². The third-order valence-electron chi connectivity index (χ3n) is 4.20. The van der Waals surface area contributed by atoms with Gasteiger partial charge in [-0.3, -0.25) is 0 Å². The molecule has 116 valence electrons. The minimum absolute atomic E-state index is 0.235. The Balaban J connectivity index is 1.74. The van der Waals surface area contributed by atoms with Crippen LogP contribution in [0.15, 0.2) is 65.7 Å². The van der Waals surface area contributed by atoms with E-state index in [1.54, 1.807) is 7.11 Å². The summed E-state index contributed by atoms with van der Waals surface area (Å²) >= 11 is 1.84. The summed E-state index contributed by atoms with van der Waals surface area (Å²) in [6.07, 6.45) is 2.27. The fourth-order valence-electron chi connectivity index (χ4n) is 3.00. The molecule has 1 saturated heterocycles. The summed E-state index contributed by atoms with van der Waals surface area (Å²) < 4.78 is 5.28. The van der Waals surface area contributed by atoms with E-state index in [0.717, 1.165) is 28.9 Å². The number of aliphatic imine (C=N–C) groups is 1. The van der Waals surface area contributed by atoms with Gasteiger partial charge in [0.1, 0.15) is 5.75 Å². The average Bonchev–Trinajstić information content (AvgIpc) is 3.10. The number of rotatable bonds is 3. The summed E-state index contributed by atoms with van der Waals surface area (Å²) in [4.78, 5) is 7.25. The molecule has 0 radical (unpaired) electrons. The summed E-state index contributed by atoms with van der Waals surface area (Å²) in [5.41, 5.74) is 3.51. The van der Waals surface area contributed by atoms with Gasteiger partial charge in [0.05, 0.1) is 18.8 Å². The zero-order valence-corrected chi connectivity index (χ0v) is 13.8. The fourth-order valence-corrected chi connectivity index (χ4v) is 4.00. The van der Waals surface area contributed by atoms with Gasteiger partial charge in [-0.2, -0.15) is 0 Å². The third-order valence-corrected chi connectivity index (χ3v) is 5.17. The standard InChI is InChI=1S/C19H18N2OS/c1-22-16-9-7-15(8-10-16)18-13-17(14-5-3-2-4-6-14)20-19-21(18)11-12-23-19/h2-10,13,18H,11-12H2,1H3. The highest BCUT2D eigenvalue weighted by atomic mass is 32.2. The van der Waals surface area contributed by atoms with Crippen LogP contribution in [0.5, 0.6) is 5.75 Å². The SMILES string of the molecule is COc1ccc(C2C=C(c3ccccc3)N=C3SCCN32)cc1. The lowest BCUT2D eigenvalue weighted by molar-refractivity contribution is 0.396. The Morgan fingerprint density at radius 2 is 1.87 bits per heavy atom. The first-order chi connectivity index (χ1) is 11.3. The van der Waals surface area contributed by atoms with E-state index in [4.69, 9.17) is 9.73 Å². The number of ether oxygens (including phenoxy) is 1. The summed E-state index contributed by atoms with van der Waals surface area (Å²) in [5.74, 6) is 1.99. The first-order valence-corrected chi connectivity index (χ1v) is 8.73. The second-order valence-electron chi connectivity index (χ2n) is 5.57. The van der Waals surface area contributed by atoms with E-state index < -0.39 is 0 Å². The maximum Gasteiger partial charge on any atom is 0.165 e. The van der Waals surface area contributed by atoms with E-state index >= 15 is 0 Å². The molecule has 1 fully saturated rings. The van der Waals surface area contributed by atoms with Crippen molar-refractivity contribution in [1.82, 2.24) is 4.90 Å². The topological polar surface area (TPSA) is 24.8 Å². The summed E-state index contributed by atoms with van der Waals surface area (Å²) in [5, 5.41) is 1.13. The number of hydrogen-bond acceptors (Lipinski definition) is 4. The van der Waals surface area contributed by atoms with Gasteiger partial charge in [0, 0.05) is 12.3 Å². The Labute approximate surface area is 140 Å². The van der Waals surface area contributed by atoms with Crippen LogP contribution >= 0.6 is 11.8 Å². The normalized spacial score (nSPS) is 19.9. The highest BCUT2D eigenvalue weighted by molar-refractivity contribution is 8.14. The molecule has 1 atom stereocenters. The fraction of sp³-hybridized carbons (Fsp3) is 0.211. The van der Waals surface area contributed by atoms with Gasteiger partial charge in [-0.05, 0) is 29.3 Å². The van der Waals surface area contributed by atoms with Crippen LogP contribution in [0, 0.1) is 0 Å². The Bertz CT molecular complexity index is 753. The highest BCUT2D eigenvalue weighted by Crippen LogP contribution is 2.38. The number of amidine groups is 1. The van der Waals surface area contributed by atoms with Crippen molar-refractivity contribution in [3.8, 4) is 5.75 Å². The molecule has 2 aliphatic heterocycles. The van der Waals surface area contributed by atoms with Crippen molar-refractivity contribution in [3.63, 3.8) is 0 Å². The van der Waals surface area contributed by atoms with Crippen LogP contribution in [0.1, 0.15) is 17.2 Å². The Morgan fingerprint density at radius 3 is 2.61 bits per heavy atom. The number of hydrogen-bond donors (Lipinski definition) is 0. The van der Waals surface area contributed by atoms with Gasteiger partial charge in [-0.1, -0.05) is 54.2 Å². The van der Waals surface area contributed by atoms with Crippen molar-refractivity contribution in [1.29, 1.82) is 0 Å². The molecule has 0 aromatic heterocycles. The first kappa shape index (κ1) is 14.4. The molecular formula is C19H18N2OS. The molecule has 0 bridgehead atoms. The van der Waals surface area contributed by atoms with E-state index in [1.807, 2.05) is 30.0 Å². The Hall–Kier alpha value is -2.20. The molecular weight excluding hydrogens is 304 g/mol. The van der Waals surface area contributed by atoms with E-state index in [9.17, 15) is 0 Å². The third kappa shape index (κ3) is 2.75. The summed E-state index contributed by atoms with van der Waals surface area (Å²) in [6.45, 7) is 1.04. The van der Waals surface area contributed by atoms with Crippen LogP contribution in [-0.4, -0.2) is 29.5 Å². The molecule has 2 heterocycles. The quantitative estimate of drug-likeness (QED) is 0.847. The van der Waals surface area contributed by atoms with Crippen molar-refractivity contribution < 1.29 is 4.74 Å². The minimum atomic E-state index is 0.235. The van der Waals surface area contributed by atoms with Gasteiger partial charge in [-0.15, -0.1) is 0 Å². The molecule has 4 rings (SSSR count). The minimum Gasteiger partial charge on any atom is -0.497 e. The number of fused-ring (bicyclic) bond motifs is 1. The molecule has 0 saturated carbocycles. The van der Waals surface area contributed by atoms with Gasteiger partial charge in [0.15, 0.2) is 5.17 Å². The second kappa shape index (κ2) is 6.13. The van der Waals surface area contributed by atoms with Crippen molar-refractivity contribution in [2.45, 2.75) is 6.04 Å². The van der Waals surface area contributed by atoms with Crippen molar-refractivity contribution in [2.75, 3.05) is 19.4 Å². The molecule has 0 aliphatic carbocycles. The molecule has 2 aromatic rings. The van der Waals surface area contributed by atoms with Crippen LogP contribution in [0.3, 0.4) is 0 Å². The highest BCUT2D eigenvalue weighted by Gasteiger charge is 2.31. The van der Waals surface area contributed by atoms with Gasteiger partial charge in [0.2, 0.25) is 0 Å². The van der Waals surface area contributed by atoms with Crippen LogP contribution in [0.25, 0.3) is 5.70 Å². The average molecular weight is 322 g/mol. The van der Waals surface area contributed by atoms with E-state index in [0.29, 0.717) is 0 Å². The monoisotopic (exact) mass is 322 g/mol. The molecule has 1 unspecified atom stereocenters. The van der Waals surface area contributed by atoms with E-state index in [2.05, 4.69) is 47.4 Å². The van der Waals surface area contributed by atoms with Gasteiger partial charge in [-0.25, -0.2) is 4.99 Å². The Morgan fingerprint density at radius 1 is 1.09 bits per heavy atom. The predicted molar refractivity (Wildman–Crippen MR) is 96.8 cm³/mol. The lowest BCUT2D eigenvalue weighted by Crippen LogP contribution is -2.30. The van der Waals surface area contributed by atoms with Gasteiger partial charge < -0.3 is 9.64 Å². The van der Waals surface area contributed by atoms with Gasteiger partial charge >= 0.3 is 0 Å². The molecule has 3 nitrogen and oxygen atoms in total. The maximum atomic E-state index is 5.28. The van der Waals surface area contributed by atoms with E-state index in [1.165, 1.54) is 11.1 Å². The number of benzene rings is 2. The molecule has 4 heteroatoms. The number of nitrogens with zero attached hydrogens (tertiary/aromatic N) is 2. The number of methoxy groups -OCH3 is 1. The molecule has 0 amide bonds. The molecule has 0 N–H and O–H groups in total. The van der Waals surface area contributed by atoms with E-state index in [-0.39, 0.29) is 6.04 Å². The lowest BCUT2D eigenvalue weighted by atomic mass is 10.0. The van der Waals surface area contributed by atoms with Crippen LogP contribution in [0.4, 0.5) is 0 Å². The predicted octanol–water partition coefficient (Wildman–Crippen LogP) is 4.20. The number of thioether (sulfide) groups is 1.